The van der Waals surface area contributed by atoms with Gasteiger partial charge in [-0.05, 0) is 66.7 Å². The molecule has 8 aromatic carbocycles. The van der Waals surface area contributed by atoms with E-state index < -0.39 is 0 Å². The molecule has 0 aliphatic carbocycles. The van der Waals surface area contributed by atoms with Gasteiger partial charge in [-0.3, -0.25) is 0 Å². The van der Waals surface area contributed by atoms with Crippen molar-refractivity contribution in [1.82, 2.24) is 19.5 Å². The molecule has 0 radical (unpaired) electrons. The van der Waals surface area contributed by atoms with E-state index in [1.807, 2.05) is 91.0 Å². The molecule has 0 spiro atoms. The molecular formula is C53H32N8. The molecule has 0 N–H and O–H groups in total. The summed E-state index contributed by atoms with van der Waals surface area (Å²) in [6, 6.07) is 67.7. The standard InChI is InChI=1S/C53H32N8/c1-55-43-31-40(30-37(34-54)50(43)53-57-51(35-18-6-2-7-19-35)56-52(58-53)36-20-8-3-9-21-36)61-44-27-15-14-26-41(44)42-32-48-49(33-47(42)61)60(39-24-12-5-13-25-39)46-29-17-16-28-45(46)59(48)38-22-10-4-11-23-38/h2-33H. The van der Waals surface area contributed by atoms with E-state index in [-0.39, 0.29) is 17.1 Å². The van der Waals surface area contributed by atoms with Crippen molar-refractivity contribution in [3.8, 4) is 45.9 Å². The predicted molar refractivity (Wildman–Crippen MR) is 244 cm³/mol. The number of para-hydroxylation sites is 5. The molecule has 0 bridgehead atoms. The van der Waals surface area contributed by atoms with Crippen LogP contribution in [-0.4, -0.2) is 19.5 Å². The number of nitriles is 1. The van der Waals surface area contributed by atoms with Crippen molar-refractivity contribution in [2.75, 3.05) is 9.80 Å². The molecule has 61 heavy (non-hydrogen) atoms. The number of anilines is 6. The lowest BCUT2D eigenvalue weighted by atomic mass is 10.0. The number of benzene rings is 8. The highest BCUT2D eigenvalue weighted by atomic mass is 15.3. The summed E-state index contributed by atoms with van der Waals surface area (Å²) in [5.74, 6) is 1.17. The van der Waals surface area contributed by atoms with E-state index in [0.29, 0.717) is 22.9 Å². The van der Waals surface area contributed by atoms with Crippen LogP contribution in [0, 0.1) is 17.9 Å². The molecule has 0 unspecified atom stereocenters. The Morgan fingerprint density at radius 3 is 1.49 bits per heavy atom. The second kappa shape index (κ2) is 14.5. The molecule has 2 aromatic heterocycles. The zero-order valence-electron chi connectivity index (χ0n) is 32.6. The lowest BCUT2D eigenvalue weighted by Crippen LogP contribution is -2.24. The first-order chi connectivity index (χ1) is 30.2. The topological polar surface area (TPSA) is 78.2 Å². The molecule has 11 rings (SSSR count). The van der Waals surface area contributed by atoms with Gasteiger partial charge in [0, 0.05) is 44.5 Å². The van der Waals surface area contributed by atoms with Crippen molar-refractivity contribution in [2.24, 2.45) is 0 Å². The van der Waals surface area contributed by atoms with Crippen LogP contribution in [0.2, 0.25) is 0 Å². The number of nitrogens with zero attached hydrogens (tertiary/aromatic N) is 8. The highest BCUT2D eigenvalue weighted by molar-refractivity contribution is 6.15. The third-order valence-electron chi connectivity index (χ3n) is 11.2. The molecule has 284 valence electrons. The molecule has 0 fully saturated rings. The normalized spacial score (nSPS) is 11.8. The number of hydrogen-bond donors (Lipinski definition) is 0. The minimum atomic E-state index is 0.260. The van der Waals surface area contributed by atoms with Crippen LogP contribution in [0.4, 0.5) is 39.8 Å². The Kier molecular flexibility index (Phi) is 8.40. The molecular weight excluding hydrogens is 749 g/mol. The van der Waals surface area contributed by atoms with Gasteiger partial charge in [0.1, 0.15) is 0 Å². The van der Waals surface area contributed by atoms with E-state index in [1.54, 1.807) is 0 Å². The Balaban J connectivity index is 1.17. The van der Waals surface area contributed by atoms with Gasteiger partial charge in [-0.25, -0.2) is 19.8 Å². The summed E-state index contributed by atoms with van der Waals surface area (Å²) in [5, 5.41) is 13.0. The summed E-state index contributed by atoms with van der Waals surface area (Å²) in [7, 11) is 0. The lowest BCUT2D eigenvalue weighted by molar-refractivity contribution is 1.07. The Labute approximate surface area is 352 Å². The molecule has 3 heterocycles. The summed E-state index contributed by atoms with van der Waals surface area (Å²) < 4.78 is 2.17. The summed E-state index contributed by atoms with van der Waals surface area (Å²) in [6.45, 7) is 8.53. The van der Waals surface area contributed by atoms with Gasteiger partial charge in [0.25, 0.3) is 0 Å². The Morgan fingerprint density at radius 2 is 0.934 bits per heavy atom. The SMILES string of the molecule is [C-]#[N+]c1cc(-n2c3ccccc3c3cc4c(cc32)N(c2ccccc2)c2ccccc2N4c2ccccc2)cc(C#N)c1-c1nc(-c2ccccc2)nc(-c2ccccc2)n1. The van der Waals surface area contributed by atoms with E-state index >= 15 is 0 Å². The van der Waals surface area contributed by atoms with Crippen LogP contribution in [0.3, 0.4) is 0 Å². The monoisotopic (exact) mass is 780 g/mol. The van der Waals surface area contributed by atoms with Crippen LogP contribution in [0.5, 0.6) is 0 Å². The van der Waals surface area contributed by atoms with E-state index in [0.717, 1.165) is 67.1 Å². The molecule has 8 heteroatoms. The van der Waals surface area contributed by atoms with Gasteiger partial charge < -0.3 is 14.4 Å². The Bertz CT molecular complexity index is 3290. The third-order valence-corrected chi connectivity index (χ3v) is 11.2. The van der Waals surface area contributed by atoms with Gasteiger partial charge >= 0.3 is 0 Å². The molecule has 0 atom stereocenters. The predicted octanol–water partition coefficient (Wildman–Crippen LogP) is 13.6. The van der Waals surface area contributed by atoms with Crippen molar-refractivity contribution in [1.29, 1.82) is 5.26 Å². The average molecular weight is 781 g/mol. The van der Waals surface area contributed by atoms with Crippen LogP contribution < -0.4 is 9.80 Å². The van der Waals surface area contributed by atoms with Gasteiger partial charge in [-0.15, -0.1) is 0 Å². The maximum absolute atomic E-state index is 10.9. The fourth-order valence-electron chi connectivity index (χ4n) is 8.51. The number of rotatable bonds is 6. The van der Waals surface area contributed by atoms with Gasteiger partial charge in [-0.1, -0.05) is 127 Å². The summed E-state index contributed by atoms with van der Waals surface area (Å²) in [4.78, 5) is 23.4. The first-order valence-electron chi connectivity index (χ1n) is 19.9. The van der Waals surface area contributed by atoms with E-state index in [1.165, 1.54) is 0 Å². The van der Waals surface area contributed by atoms with E-state index in [9.17, 15) is 5.26 Å². The maximum atomic E-state index is 10.9. The van der Waals surface area contributed by atoms with Crippen LogP contribution in [0.15, 0.2) is 194 Å². The van der Waals surface area contributed by atoms with Gasteiger partial charge in [0.15, 0.2) is 17.5 Å². The van der Waals surface area contributed by atoms with Gasteiger partial charge in [0.2, 0.25) is 5.69 Å². The first kappa shape index (κ1) is 35.3. The molecule has 1 aliphatic rings. The zero-order valence-corrected chi connectivity index (χ0v) is 32.6. The minimum Gasteiger partial charge on any atom is -0.310 e. The third kappa shape index (κ3) is 5.86. The molecule has 1 aliphatic heterocycles. The molecule has 10 aromatic rings. The molecule has 0 saturated heterocycles. The van der Waals surface area contributed by atoms with Crippen molar-refractivity contribution in [3.63, 3.8) is 0 Å². The Morgan fingerprint density at radius 1 is 0.443 bits per heavy atom. The second-order valence-corrected chi connectivity index (χ2v) is 14.7. The quantitative estimate of drug-likeness (QED) is 0.156. The van der Waals surface area contributed by atoms with Crippen LogP contribution in [0.25, 0.3) is 66.5 Å². The van der Waals surface area contributed by atoms with Crippen LogP contribution >= 0.6 is 0 Å². The number of hydrogen-bond acceptors (Lipinski definition) is 6. The smallest absolute Gasteiger partial charge is 0.201 e. The van der Waals surface area contributed by atoms with Crippen molar-refractivity contribution in [3.05, 3.63) is 211 Å². The maximum Gasteiger partial charge on any atom is 0.201 e. The van der Waals surface area contributed by atoms with Crippen LogP contribution in [0.1, 0.15) is 5.56 Å². The summed E-state index contributed by atoms with van der Waals surface area (Å²) in [5.41, 5.74) is 11.3. The summed E-state index contributed by atoms with van der Waals surface area (Å²) >= 11 is 0. The minimum absolute atomic E-state index is 0.260. The average Bonchev–Trinajstić information content (AvgIpc) is 3.66. The Hall–Kier alpha value is -8.85. The fourth-order valence-corrected chi connectivity index (χ4v) is 8.51. The largest absolute Gasteiger partial charge is 0.310 e. The number of fused-ring (bicyclic) bond motifs is 5. The highest BCUT2D eigenvalue weighted by Crippen LogP contribution is 2.56. The van der Waals surface area contributed by atoms with Crippen molar-refractivity contribution in [2.45, 2.75) is 0 Å². The second-order valence-electron chi connectivity index (χ2n) is 14.7. The molecule has 0 amide bonds. The van der Waals surface area contributed by atoms with E-state index in [2.05, 4.69) is 128 Å². The fraction of sp³-hybridized carbons (Fsp3) is 0. The number of aromatic nitrogens is 4. The summed E-state index contributed by atoms with van der Waals surface area (Å²) in [6.07, 6.45) is 0. The van der Waals surface area contributed by atoms with Gasteiger partial charge in [-0.2, -0.15) is 5.26 Å². The zero-order chi connectivity index (χ0) is 40.9. The van der Waals surface area contributed by atoms with Crippen molar-refractivity contribution >= 4 is 61.6 Å². The van der Waals surface area contributed by atoms with E-state index in [4.69, 9.17) is 21.5 Å². The van der Waals surface area contributed by atoms with Gasteiger partial charge in [0.05, 0.1) is 52.0 Å². The molecule has 0 saturated carbocycles. The molecule has 8 nitrogen and oxygen atoms in total. The van der Waals surface area contributed by atoms with Crippen LogP contribution in [-0.2, 0) is 0 Å². The highest BCUT2D eigenvalue weighted by Gasteiger charge is 2.32. The van der Waals surface area contributed by atoms with Crippen molar-refractivity contribution < 1.29 is 0 Å². The first-order valence-corrected chi connectivity index (χ1v) is 19.9. The lowest BCUT2D eigenvalue weighted by Gasteiger charge is -2.40.